The molecular weight excluding hydrogens is 498 g/mol. The molecule has 5 aromatic carbocycles. The maximum Gasteiger partial charge on any atom is 0.0985 e. The lowest BCUT2D eigenvalue weighted by molar-refractivity contribution is 0.660. The van der Waals surface area contributed by atoms with Crippen molar-refractivity contribution < 1.29 is 0 Å². The summed E-state index contributed by atoms with van der Waals surface area (Å²) >= 11 is 0. The van der Waals surface area contributed by atoms with Crippen LogP contribution in [0.2, 0.25) is 0 Å². The summed E-state index contributed by atoms with van der Waals surface area (Å²) in [6, 6.07) is 43.9. The molecule has 0 bridgehead atoms. The van der Waals surface area contributed by atoms with Gasteiger partial charge in [-0.05, 0) is 58.7 Å². The summed E-state index contributed by atoms with van der Waals surface area (Å²) in [5.41, 5.74) is 13.4. The SMILES string of the molecule is CC1(C)c2ccccc2-c2ccc(-n3c4ccccc4c4ncc5c6ccccc6n(-c6ccccc6)c5c43)cc21. The van der Waals surface area contributed by atoms with Gasteiger partial charge in [0.1, 0.15) is 0 Å². The van der Waals surface area contributed by atoms with E-state index in [1.165, 1.54) is 44.2 Å². The maximum atomic E-state index is 5.14. The summed E-state index contributed by atoms with van der Waals surface area (Å²) in [5.74, 6) is 0. The minimum atomic E-state index is -0.0762. The highest BCUT2D eigenvalue weighted by atomic mass is 15.1. The predicted molar refractivity (Wildman–Crippen MR) is 170 cm³/mol. The van der Waals surface area contributed by atoms with Gasteiger partial charge >= 0.3 is 0 Å². The van der Waals surface area contributed by atoms with Crippen LogP contribution >= 0.6 is 0 Å². The number of fused-ring (bicyclic) bond motifs is 10. The minimum absolute atomic E-state index is 0.0762. The van der Waals surface area contributed by atoms with Gasteiger partial charge in [-0.25, -0.2) is 0 Å². The molecule has 0 radical (unpaired) electrons. The lowest BCUT2D eigenvalue weighted by Gasteiger charge is -2.22. The van der Waals surface area contributed by atoms with Crippen molar-refractivity contribution in [2.75, 3.05) is 0 Å². The van der Waals surface area contributed by atoms with Crippen molar-refractivity contribution in [2.24, 2.45) is 0 Å². The third kappa shape index (κ3) is 2.90. The standard InChI is InChI=1S/C38H27N3/c1-38(2)31-17-9-6-14-26(31)27-21-20-25(22-32(27)38)41-34-19-11-8-16-29(34)35-37(41)36-30(23-39-35)28-15-7-10-18-33(28)40(36)24-12-4-3-5-13-24/h3-23H,1-2H3. The molecule has 1 aliphatic rings. The molecule has 194 valence electrons. The van der Waals surface area contributed by atoms with Crippen LogP contribution in [-0.2, 0) is 5.41 Å². The second-order valence-corrected chi connectivity index (χ2v) is 11.7. The van der Waals surface area contributed by atoms with Crippen LogP contribution in [0.3, 0.4) is 0 Å². The van der Waals surface area contributed by atoms with Crippen molar-refractivity contribution in [2.45, 2.75) is 19.3 Å². The van der Waals surface area contributed by atoms with E-state index in [1.807, 2.05) is 0 Å². The number of para-hydroxylation sites is 3. The predicted octanol–water partition coefficient (Wildman–Crippen LogP) is 9.58. The Morgan fingerprint density at radius 2 is 1.15 bits per heavy atom. The van der Waals surface area contributed by atoms with E-state index in [-0.39, 0.29) is 5.41 Å². The molecule has 0 aliphatic heterocycles. The maximum absolute atomic E-state index is 5.14. The van der Waals surface area contributed by atoms with Crippen molar-refractivity contribution in [1.82, 2.24) is 14.1 Å². The summed E-state index contributed by atoms with van der Waals surface area (Å²) in [4.78, 5) is 5.14. The van der Waals surface area contributed by atoms with Crippen LogP contribution in [0.15, 0.2) is 128 Å². The van der Waals surface area contributed by atoms with E-state index < -0.39 is 0 Å². The third-order valence-corrected chi connectivity index (χ3v) is 9.15. The van der Waals surface area contributed by atoms with Gasteiger partial charge < -0.3 is 9.13 Å². The fraction of sp³-hybridized carbons (Fsp3) is 0.0789. The van der Waals surface area contributed by atoms with Crippen LogP contribution < -0.4 is 0 Å². The molecule has 9 rings (SSSR count). The number of hydrogen-bond donors (Lipinski definition) is 0. The lowest BCUT2D eigenvalue weighted by atomic mass is 9.82. The monoisotopic (exact) mass is 525 g/mol. The molecule has 0 atom stereocenters. The van der Waals surface area contributed by atoms with Crippen molar-refractivity contribution in [1.29, 1.82) is 0 Å². The van der Waals surface area contributed by atoms with Gasteiger partial charge in [0.05, 0.1) is 27.6 Å². The molecule has 0 unspecified atom stereocenters. The first-order valence-corrected chi connectivity index (χ1v) is 14.2. The first-order valence-electron chi connectivity index (χ1n) is 14.2. The third-order valence-electron chi connectivity index (χ3n) is 9.15. The molecule has 0 saturated heterocycles. The van der Waals surface area contributed by atoms with Crippen LogP contribution in [0.25, 0.3) is 66.2 Å². The van der Waals surface area contributed by atoms with Crippen molar-refractivity contribution in [3.63, 3.8) is 0 Å². The highest BCUT2D eigenvalue weighted by Crippen LogP contribution is 2.49. The second-order valence-electron chi connectivity index (χ2n) is 11.7. The summed E-state index contributed by atoms with van der Waals surface area (Å²) in [6.07, 6.45) is 2.07. The van der Waals surface area contributed by atoms with Crippen LogP contribution in [0.1, 0.15) is 25.0 Å². The average molecular weight is 526 g/mol. The molecule has 8 aromatic rings. The Morgan fingerprint density at radius 1 is 0.512 bits per heavy atom. The molecule has 0 spiro atoms. The summed E-state index contributed by atoms with van der Waals surface area (Å²) in [5, 5.41) is 3.54. The summed E-state index contributed by atoms with van der Waals surface area (Å²) < 4.78 is 4.86. The van der Waals surface area contributed by atoms with Gasteiger partial charge in [0.15, 0.2) is 0 Å². The Bertz CT molecular complexity index is 2330. The summed E-state index contributed by atoms with van der Waals surface area (Å²) in [6.45, 7) is 4.70. The molecule has 3 nitrogen and oxygen atoms in total. The van der Waals surface area contributed by atoms with Crippen LogP contribution in [-0.4, -0.2) is 14.1 Å². The number of aromatic nitrogens is 3. The number of nitrogens with zero attached hydrogens (tertiary/aromatic N) is 3. The van der Waals surface area contributed by atoms with Gasteiger partial charge in [0.2, 0.25) is 0 Å². The fourth-order valence-corrected chi connectivity index (χ4v) is 7.27. The zero-order chi connectivity index (χ0) is 27.3. The Labute approximate surface area is 237 Å². The number of pyridine rings is 1. The van der Waals surface area contributed by atoms with E-state index in [2.05, 4.69) is 151 Å². The van der Waals surface area contributed by atoms with Gasteiger partial charge in [-0.3, -0.25) is 4.98 Å². The summed E-state index contributed by atoms with van der Waals surface area (Å²) in [7, 11) is 0. The van der Waals surface area contributed by atoms with E-state index in [0.717, 1.165) is 33.2 Å². The number of hydrogen-bond acceptors (Lipinski definition) is 1. The first kappa shape index (κ1) is 22.6. The van der Waals surface area contributed by atoms with Crippen molar-refractivity contribution in [3.05, 3.63) is 139 Å². The average Bonchev–Trinajstić information content (AvgIpc) is 3.61. The van der Waals surface area contributed by atoms with Crippen LogP contribution in [0.4, 0.5) is 0 Å². The van der Waals surface area contributed by atoms with Crippen molar-refractivity contribution in [3.8, 4) is 22.5 Å². The second kappa shape index (κ2) is 7.96. The van der Waals surface area contributed by atoms with Gasteiger partial charge in [-0.2, -0.15) is 0 Å². The molecule has 3 heteroatoms. The fourth-order valence-electron chi connectivity index (χ4n) is 7.27. The van der Waals surface area contributed by atoms with Crippen molar-refractivity contribution >= 4 is 43.7 Å². The zero-order valence-electron chi connectivity index (χ0n) is 23.0. The van der Waals surface area contributed by atoms with Crippen LogP contribution in [0, 0.1) is 0 Å². The van der Waals surface area contributed by atoms with E-state index in [9.17, 15) is 0 Å². The van der Waals surface area contributed by atoms with Gasteiger partial charge in [-0.1, -0.05) is 98.8 Å². The minimum Gasteiger partial charge on any atom is -0.307 e. The van der Waals surface area contributed by atoms with E-state index in [4.69, 9.17) is 4.98 Å². The normalized spacial score (nSPS) is 13.8. The van der Waals surface area contributed by atoms with E-state index >= 15 is 0 Å². The lowest BCUT2D eigenvalue weighted by Crippen LogP contribution is -2.15. The number of benzene rings is 5. The smallest absolute Gasteiger partial charge is 0.0985 e. The Kier molecular flexibility index (Phi) is 4.39. The first-order chi connectivity index (χ1) is 20.1. The van der Waals surface area contributed by atoms with Crippen LogP contribution in [0.5, 0.6) is 0 Å². The largest absolute Gasteiger partial charge is 0.307 e. The Morgan fingerprint density at radius 3 is 1.98 bits per heavy atom. The molecule has 41 heavy (non-hydrogen) atoms. The Balaban J connectivity index is 1.46. The van der Waals surface area contributed by atoms with E-state index in [1.54, 1.807) is 0 Å². The van der Waals surface area contributed by atoms with E-state index in [0.29, 0.717) is 0 Å². The highest BCUT2D eigenvalue weighted by Gasteiger charge is 2.35. The van der Waals surface area contributed by atoms with Gasteiger partial charge in [0, 0.05) is 39.1 Å². The molecule has 0 saturated carbocycles. The molecular formula is C38H27N3. The number of rotatable bonds is 2. The molecule has 3 heterocycles. The molecule has 0 fully saturated rings. The topological polar surface area (TPSA) is 22.8 Å². The highest BCUT2D eigenvalue weighted by molar-refractivity contribution is 6.22. The molecule has 0 N–H and O–H groups in total. The quantitative estimate of drug-likeness (QED) is 0.220. The molecule has 0 amide bonds. The Hall–Kier alpha value is -5.15. The molecule has 3 aromatic heterocycles. The van der Waals surface area contributed by atoms with Gasteiger partial charge in [0.25, 0.3) is 0 Å². The molecule has 1 aliphatic carbocycles. The zero-order valence-corrected chi connectivity index (χ0v) is 23.0. The van der Waals surface area contributed by atoms with Gasteiger partial charge in [-0.15, -0.1) is 0 Å².